The lowest BCUT2D eigenvalue weighted by Gasteiger charge is -2.29. The van der Waals surface area contributed by atoms with Gasteiger partial charge in [-0.3, -0.25) is 0 Å². The maximum atomic E-state index is 11.3. The van der Waals surface area contributed by atoms with Crippen LogP contribution >= 0.6 is 0 Å². The Bertz CT molecular complexity index is 184. The Morgan fingerprint density at radius 3 is 2.00 bits per heavy atom. The second-order valence-electron chi connectivity index (χ2n) is 4.36. The Morgan fingerprint density at radius 1 is 1.06 bits per heavy atom. The third-order valence-corrected chi connectivity index (χ3v) is 2.82. The Labute approximate surface area is 99.2 Å². The topological polar surface area (TPSA) is 46.5 Å². The minimum atomic E-state index is -0.933. The van der Waals surface area contributed by atoms with Crippen LogP contribution < -0.4 is 0 Å². The van der Waals surface area contributed by atoms with Gasteiger partial charge in [-0.15, -0.1) is 0 Å². The molecule has 0 amide bonds. The van der Waals surface area contributed by atoms with Gasteiger partial charge in [0.25, 0.3) is 0 Å². The number of hydrogen-bond donors (Lipinski definition) is 1. The van der Waals surface area contributed by atoms with Crippen molar-refractivity contribution in [2.45, 2.75) is 71.3 Å². The number of aliphatic carboxylic acids is 1. The molecule has 0 saturated carbocycles. The number of rotatable bonds is 10. The van der Waals surface area contributed by atoms with E-state index in [-0.39, 0.29) is 0 Å². The van der Waals surface area contributed by atoms with Gasteiger partial charge in [0.05, 0.1) is 0 Å². The van der Waals surface area contributed by atoms with Crippen molar-refractivity contribution < 1.29 is 14.6 Å². The smallest absolute Gasteiger partial charge is 0.335 e. The maximum Gasteiger partial charge on any atom is 0.335 e. The van der Waals surface area contributed by atoms with Crippen molar-refractivity contribution in [1.29, 1.82) is 0 Å². The second kappa shape index (κ2) is 8.57. The van der Waals surface area contributed by atoms with Gasteiger partial charge in [0.15, 0.2) is 5.60 Å². The van der Waals surface area contributed by atoms with Crippen molar-refractivity contribution >= 4 is 5.97 Å². The minimum Gasteiger partial charge on any atom is -0.479 e. The van der Waals surface area contributed by atoms with Crippen LogP contribution in [-0.2, 0) is 9.53 Å². The molecule has 0 aromatic carbocycles. The molecule has 0 fully saturated rings. The van der Waals surface area contributed by atoms with Gasteiger partial charge in [-0.1, -0.05) is 46.5 Å². The van der Waals surface area contributed by atoms with Crippen molar-refractivity contribution in [2.24, 2.45) is 0 Å². The predicted octanol–water partition coefficient (Wildman–Crippen LogP) is 3.62. The molecule has 0 aliphatic carbocycles. The van der Waals surface area contributed by atoms with Crippen LogP contribution in [0.5, 0.6) is 0 Å². The van der Waals surface area contributed by atoms with Gasteiger partial charge in [0, 0.05) is 6.61 Å². The molecule has 0 rings (SSSR count). The molecule has 0 spiro atoms. The van der Waals surface area contributed by atoms with Gasteiger partial charge < -0.3 is 9.84 Å². The highest BCUT2D eigenvalue weighted by atomic mass is 16.5. The Balaban J connectivity index is 4.30. The zero-order valence-corrected chi connectivity index (χ0v) is 10.9. The second-order valence-corrected chi connectivity index (χ2v) is 4.36. The monoisotopic (exact) mass is 230 g/mol. The molecule has 3 nitrogen and oxygen atoms in total. The van der Waals surface area contributed by atoms with Crippen LogP contribution in [0.4, 0.5) is 0 Å². The summed E-state index contributed by atoms with van der Waals surface area (Å²) in [5.74, 6) is -0.798. The molecule has 96 valence electrons. The lowest BCUT2D eigenvalue weighted by atomic mass is 9.92. The summed E-state index contributed by atoms with van der Waals surface area (Å²) < 4.78 is 5.67. The molecule has 0 atom stereocenters. The molecule has 0 aliphatic rings. The minimum absolute atomic E-state index is 0.570. The fourth-order valence-corrected chi connectivity index (χ4v) is 1.97. The number of hydrogen-bond acceptors (Lipinski definition) is 2. The first-order valence-corrected chi connectivity index (χ1v) is 6.50. The molecule has 0 saturated heterocycles. The lowest BCUT2D eigenvalue weighted by molar-refractivity contribution is -0.168. The van der Waals surface area contributed by atoms with Crippen LogP contribution in [0.25, 0.3) is 0 Å². The molecule has 0 unspecified atom stereocenters. The van der Waals surface area contributed by atoms with Crippen molar-refractivity contribution in [2.75, 3.05) is 6.61 Å². The molecule has 3 heteroatoms. The number of carboxylic acid groups (broad SMARTS) is 1. The van der Waals surface area contributed by atoms with Crippen molar-refractivity contribution in [3.8, 4) is 0 Å². The number of carboxylic acids is 1. The van der Waals surface area contributed by atoms with Gasteiger partial charge in [-0.05, 0) is 19.3 Å². The van der Waals surface area contributed by atoms with E-state index < -0.39 is 11.6 Å². The van der Waals surface area contributed by atoms with E-state index in [1.165, 1.54) is 0 Å². The SMILES string of the molecule is CCCCCOC(CCC)(CCC)C(=O)O. The van der Waals surface area contributed by atoms with E-state index in [4.69, 9.17) is 4.74 Å². The summed E-state index contributed by atoms with van der Waals surface area (Å²) in [6.45, 7) is 6.70. The summed E-state index contributed by atoms with van der Waals surface area (Å²) >= 11 is 0. The van der Waals surface area contributed by atoms with Crippen LogP contribution in [0, 0.1) is 0 Å². The summed E-state index contributed by atoms with van der Waals surface area (Å²) in [4.78, 5) is 11.3. The Kier molecular flexibility index (Phi) is 8.26. The fourth-order valence-electron chi connectivity index (χ4n) is 1.97. The zero-order valence-electron chi connectivity index (χ0n) is 10.9. The van der Waals surface area contributed by atoms with E-state index >= 15 is 0 Å². The number of unbranched alkanes of at least 4 members (excludes halogenated alkanes) is 2. The molecule has 16 heavy (non-hydrogen) atoms. The van der Waals surface area contributed by atoms with E-state index in [9.17, 15) is 9.90 Å². The highest BCUT2D eigenvalue weighted by Gasteiger charge is 2.37. The molecule has 0 aromatic rings. The molecule has 0 aromatic heterocycles. The summed E-state index contributed by atoms with van der Waals surface area (Å²) in [6, 6.07) is 0. The molecular formula is C13H26O3. The molecule has 0 heterocycles. The van der Waals surface area contributed by atoms with Gasteiger partial charge in [-0.2, -0.15) is 0 Å². The van der Waals surface area contributed by atoms with Crippen LogP contribution in [0.3, 0.4) is 0 Å². The summed E-state index contributed by atoms with van der Waals surface area (Å²) in [7, 11) is 0. The molecule has 0 radical (unpaired) electrons. The average molecular weight is 230 g/mol. The molecule has 0 bridgehead atoms. The van der Waals surface area contributed by atoms with Crippen LogP contribution in [0.15, 0.2) is 0 Å². The first-order valence-electron chi connectivity index (χ1n) is 6.50. The van der Waals surface area contributed by atoms with Crippen molar-refractivity contribution in [3.05, 3.63) is 0 Å². The van der Waals surface area contributed by atoms with Gasteiger partial charge in [0.1, 0.15) is 0 Å². The zero-order chi connectivity index (χ0) is 12.4. The van der Waals surface area contributed by atoms with Crippen molar-refractivity contribution in [3.63, 3.8) is 0 Å². The van der Waals surface area contributed by atoms with Crippen LogP contribution in [0.2, 0.25) is 0 Å². The highest BCUT2D eigenvalue weighted by Crippen LogP contribution is 2.25. The quantitative estimate of drug-likeness (QED) is 0.583. The summed E-state index contributed by atoms with van der Waals surface area (Å²) in [5, 5.41) is 9.32. The van der Waals surface area contributed by atoms with E-state index in [0.717, 1.165) is 32.1 Å². The Morgan fingerprint density at radius 2 is 1.62 bits per heavy atom. The Hall–Kier alpha value is -0.570. The van der Waals surface area contributed by atoms with E-state index in [0.29, 0.717) is 19.4 Å². The van der Waals surface area contributed by atoms with Gasteiger partial charge in [-0.25, -0.2) is 4.79 Å². The standard InChI is InChI=1S/C13H26O3/c1-4-7-8-11-16-13(9-5-2,10-6-3)12(14)15/h4-11H2,1-3H3,(H,14,15). The maximum absolute atomic E-state index is 11.3. The first-order chi connectivity index (χ1) is 7.63. The van der Waals surface area contributed by atoms with E-state index in [1.807, 2.05) is 13.8 Å². The largest absolute Gasteiger partial charge is 0.479 e. The molecule has 0 aliphatic heterocycles. The lowest BCUT2D eigenvalue weighted by Crippen LogP contribution is -2.41. The normalized spacial score (nSPS) is 11.7. The number of carbonyl (C=O) groups is 1. The van der Waals surface area contributed by atoms with Crippen molar-refractivity contribution in [1.82, 2.24) is 0 Å². The third kappa shape index (κ3) is 4.97. The van der Waals surface area contributed by atoms with E-state index in [2.05, 4.69) is 6.92 Å². The van der Waals surface area contributed by atoms with Crippen LogP contribution in [0.1, 0.15) is 65.7 Å². The van der Waals surface area contributed by atoms with Crippen LogP contribution in [-0.4, -0.2) is 23.3 Å². The van der Waals surface area contributed by atoms with Gasteiger partial charge in [0.2, 0.25) is 0 Å². The average Bonchev–Trinajstić information content (AvgIpc) is 2.24. The third-order valence-electron chi connectivity index (χ3n) is 2.82. The predicted molar refractivity (Wildman–Crippen MR) is 65.7 cm³/mol. The molecule has 1 N–H and O–H groups in total. The highest BCUT2D eigenvalue weighted by molar-refractivity contribution is 5.77. The summed E-state index contributed by atoms with van der Waals surface area (Å²) in [6.07, 6.45) is 6.11. The van der Waals surface area contributed by atoms with Gasteiger partial charge >= 0.3 is 5.97 Å². The number of ether oxygens (including phenoxy) is 1. The summed E-state index contributed by atoms with van der Waals surface area (Å²) in [5.41, 5.74) is -0.933. The molecular weight excluding hydrogens is 204 g/mol. The van der Waals surface area contributed by atoms with E-state index in [1.54, 1.807) is 0 Å². The first kappa shape index (κ1) is 15.4. The fraction of sp³-hybridized carbons (Fsp3) is 0.923.